The van der Waals surface area contributed by atoms with Crippen LogP contribution in [0.4, 0.5) is 9.93 Å². The second kappa shape index (κ2) is 5.19. The highest BCUT2D eigenvalue weighted by atomic mass is 32.1. The lowest BCUT2D eigenvalue weighted by molar-refractivity contribution is -0.132. The summed E-state index contributed by atoms with van der Waals surface area (Å²) in [6, 6.07) is -0.228. The SMILES string of the molecule is CC(C)(C)c1nsc(NC(=O)NC2CC3(CCNC3=O)C2)n1. The van der Waals surface area contributed by atoms with Crippen LogP contribution in [0.2, 0.25) is 0 Å². The van der Waals surface area contributed by atoms with Crippen molar-refractivity contribution in [1.82, 2.24) is 20.0 Å². The zero-order valence-corrected chi connectivity index (χ0v) is 13.8. The van der Waals surface area contributed by atoms with Crippen molar-refractivity contribution < 1.29 is 9.59 Å². The van der Waals surface area contributed by atoms with Crippen LogP contribution in [0.15, 0.2) is 0 Å². The van der Waals surface area contributed by atoms with Crippen molar-refractivity contribution in [2.24, 2.45) is 5.41 Å². The van der Waals surface area contributed by atoms with Crippen LogP contribution in [0, 0.1) is 5.41 Å². The summed E-state index contributed by atoms with van der Waals surface area (Å²) in [7, 11) is 0. The summed E-state index contributed by atoms with van der Waals surface area (Å²) in [6.45, 7) is 6.83. The summed E-state index contributed by atoms with van der Waals surface area (Å²) in [5.74, 6) is 0.850. The number of carbonyl (C=O) groups excluding carboxylic acids is 2. The summed E-state index contributed by atoms with van der Waals surface area (Å²) in [4.78, 5) is 28.0. The molecular formula is C14H21N5O2S. The molecule has 1 aromatic heterocycles. The van der Waals surface area contributed by atoms with Crippen molar-refractivity contribution in [2.75, 3.05) is 11.9 Å². The lowest BCUT2D eigenvalue weighted by atomic mass is 9.64. The van der Waals surface area contributed by atoms with E-state index >= 15 is 0 Å². The fraction of sp³-hybridized carbons (Fsp3) is 0.714. The molecule has 0 unspecified atom stereocenters. The fourth-order valence-electron chi connectivity index (χ4n) is 2.99. The van der Waals surface area contributed by atoms with Gasteiger partial charge in [-0.2, -0.15) is 4.37 Å². The Morgan fingerprint density at radius 3 is 2.68 bits per heavy atom. The first-order valence-electron chi connectivity index (χ1n) is 7.49. The van der Waals surface area contributed by atoms with Crippen LogP contribution >= 0.6 is 11.5 Å². The van der Waals surface area contributed by atoms with E-state index in [1.54, 1.807) is 0 Å². The molecule has 0 bridgehead atoms. The molecule has 2 aliphatic rings. The average molecular weight is 323 g/mol. The minimum Gasteiger partial charge on any atom is -0.356 e. The van der Waals surface area contributed by atoms with Gasteiger partial charge in [-0.05, 0) is 19.3 Å². The summed E-state index contributed by atoms with van der Waals surface area (Å²) in [6.07, 6.45) is 2.31. The van der Waals surface area contributed by atoms with Crippen molar-refractivity contribution in [1.29, 1.82) is 0 Å². The summed E-state index contributed by atoms with van der Waals surface area (Å²) in [5.41, 5.74) is -0.372. The average Bonchev–Trinajstić information content (AvgIpc) is 2.96. The minimum absolute atomic E-state index is 0.0545. The van der Waals surface area contributed by atoms with E-state index in [0.717, 1.165) is 31.6 Å². The first-order chi connectivity index (χ1) is 10.3. The normalized spacial score (nSPS) is 27.4. The van der Waals surface area contributed by atoms with Gasteiger partial charge < -0.3 is 10.6 Å². The van der Waals surface area contributed by atoms with Gasteiger partial charge in [-0.1, -0.05) is 20.8 Å². The molecule has 0 atom stereocenters. The Kier molecular flexibility index (Phi) is 3.58. The van der Waals surface area contributed by atoms with Gasteiger partial charge in [-0.25, -0.2) is 9.78 Å². The number of rotatable bonds is 2. The molecule has 3 rings (SSSR count). The van der Waals surface area contributed by atoms with Gasteiger partial charge >= 0.3 is 6.03 Å². The number of urea groups is 1. The standard InChI is InChI=1S/C14H21N5O2S/c1-13(2,3)9-17-12(22-19-9)18-11(21)16-8-6-14(7-8)4-5-15-10(14)20/h8H,4-7H2,1-3H3,(H,15,20)(H2,16,17,18,19,21). The number of nitrogens with one attached hydrogen (secondary N) is 3. The molecule has 2 fully saturated rings. The third-order valence-corrected chi connectivity index (χ3v) is 4.93. The summed E-state index contributed by atoms with van der Waals surface area (Å²) < 4.78 is 4.26. The topological polar surface area (TPSA) is 96.0 Å². The second-order valence-electron chi connectivity index (χ2n) is 7.16. The first-order valence-corrected chi connectivity index (χ1v) is 8.26. The number of hydrogen-bond donors (Lipinski definition) is 3. The maximum atomic E-state index is 12.0. The zero-order chi connectivity index (χ0) is 16.0. The molecule has 1 saturated carbocycles. The largest absolute Gasteiger partial charge is 0.356 e. The van der Waals surface area contributed by atoms with Gasteiger partial charge in [-0.3, -0.25) is 10.1 Å². The fourth-order valence-corrected chi connectivity index (χ4v) is 3.74. The van der Waals surface area contributed by atoms with E-state index in [0.29, 0.717) is 5.13 Å². The van der Waals surface area contributed by atoms with Crippen molar-refractivity contribution in [3.05, 3.63) is 5.82 Å². The molecule has 1 aliphatic heterocycles. The third-order valence-electron chi connectivity index (χ3n) is 4.30. The number of aromatic nitrogens is 2. The molecule has 7 nitrogen and oxygen atoms in total. The Balaban J connectivity index is 1.50. The van der Waals surface area contributed by atoms with Gasteiger partial charge in [0.25, 0.3) is 0 Å². The predicted octanol–water partition coefficient (Wildman–Crippen LogP) is 1.63. The maximum absolute atomic E-state index is 12.0. The molecule has 1 aromatic rings. The van der Waals surface area contributed by atoms with E-state index in [4.69, 9.17) is 0 Å². The van der Waals surface area contributed by atoms with Crippen LogP contribution < -0.4 is 16.0 Å². The van der Waals surface area contributed by atoms with Crippen molar-refractivity contribution in [2.45, 2.75) is 51.5 Å². The van der Waals surface area contributed by atoms with Crippen LogP contribution in [0.1, 0.15) is 45.9 Å². The number of anilines is 1. The van der Waals surface area contributed by atoms with Crippen LogP contribution in [0.25, 0.3) is 0 Å². The van der Waals surface area contributed by atoms with Crippen molar-refractivity contribution in [3.8, 4) is 0 Å². The zero-order valence-electron chi connectivity index (χ0n) is 13.0. The van der Waals surface area contributed by atoms with E-state index in [1.165, 1.54) is 11.5 Å². The van der Waals surface area contributed by atoms with Crippen molar-refractivity contribution >= 4 is 28.6 Å². The molecule has 0 aromatic carbocycles. The Morgan fingerprint density at radius 2 is 2.14 bits per heavy atom. The monoisotopic (exact) mass is 323 g/mol. The molecule has 2 heterocycles. The van der Waals surface area contributed by atoms with Crippen LogP contribution in [-0.2, 0) is 10.2 Å². The van der Waals surface area contributed by atoms with E-state index in [2.05, 4.69) is 25.3 Å². The Morgan fingerprint density at radius 1 is 1.41 bits per heavy atom. The highest BCUT2D eigenvalue weighted by molar-refractivity contribution is 7.09. The van der Waals surface area contributed by atoms with E-state index in [-0.39, 0.29) is 28.8 Å². The lowest BCUT2D eigenvalue weighted by Gasteiger charge is -2.42. The molecule has 120 valence electrons. The van der Waals surface area contributed by atoms with Crippen LogP contribution in [-0.4, -0.2) is 33.9 Å². The number of nitrogens with zero attached hydrogens (tertiary/aromatic N) is 2. The molecule has 3 amide bonds. The highest BCUT2D eigenvalue weighted by Crippen LogP contribution is 2.46. The van der Waals surface area contributed by atoms with E-state index < -0.39 is 0 Å². The smallest absolute Gasteiger partial charge is 0.321 e. The van der Waals surface area contributed by atoms with Gasteiger partial charge in [0.05, 0.1) is 5.41 Å². The molecule has 3 N–H and O–H groups in total. The van der Waals surface area contributed by atoms with E-state index in [1.807, 2.05) is 20.8 Å². The predicted molar refractivity (Wildman–Crippen MR) is 83.8 cm³/mol. The third kappa shape index (κ3) is 2.79. The number of amides is 3. The molecule has 22 heavy (non-hydrogen) atoms. The van der Waals surface area contributed by atoms with Gasteiger partial charge in [-0.15, -0.1) is 0 Å². The number of carbonyl (C=O) groups is 2. The number of hydrogen-bond acceptors (Lipinski definition) is 5. The molecule has 8 heteroatoms. The Bertz CT molecular complexity index is 601. The van der Waals surface area contributed by atoms with Gasteiger partial charge in [0.15, 0.2) is 0 Å². The maximum Gasteiger partial charge on any atom is 0.321 e. The summed E-state index contributed by atoms with van der Waals surface area (Å²) >= 11 is 1.18. The first kappa shape index (κ1) is 15.2. The van der Waals surface area contributed by atoms with Crippen LogP contribution in [0.5, 0.6) is 0 Å². The Hall–Kier alpha value is -1.70. The highest BCUT2D eigenvalue weighted by Gasteiger charge is 2.52. The molecular weight excluding hydrogens is 302 g/mol. The van der Waals surface area contributed by atoms with Crippen molar-refractivity contribution in [3.63, 3.8) is 0 Å². The second-order valence-corrected chi connectivity index (χ2v) is 7.91. The lowest BCUT2D eigenvalue weighted by Crippen LogP contribution is -2.54. The van der Waals surface area contributed by atoms with Crippen LogP contribution in [0.3, 0.4) is 0 Å². The molecule has 1 saturated heterocycles. The van der Waals surface area contributed by atoms with Gasteiger partial charge in [0, 0.05) is 29.5 Å². The molecule has 0 radical (unpaired) electrons. The van der Waals surface area contributed by atoms with Gasteiger partial charge in [0.2, 0.25) is 11.0 Å². The Labute approximate surface area is 133 Å². The minimum atomic E-state index is -0.283. The summed E-state index contributed by atoms with van der Waals surface area (Å²) in [5, 5.41) is 8.97. The van der Waals surface area contributed by atoms with Gasteiger partial charge in [0.1, 0.15) is 5.82 Å². The van der Waals surface area contributed by atoms with E-state index in [9.17, 15) is 9.59 Å². The quantitative estimate of drug-likeness (QED) is 0.770. The molecule has 1 aliphatic carbocycles. The molecule has 1 spiro atoms.